The van der Waals surface area contributed by atoms with Crippen molar-refractivity contribution in [1.82, 2.24) is 5.43 Å². The van der Waals surface area contributed by atoms with Crippen molar-refractivity contribution in [3.8, 4) is 11.5 Å². The molecule has 0 aliphatic carbocycles. The molecule has 8 nitrogen and oxygen atoms in total. The number of phenolic OH excluding ortho intramolecular Hbond substituents is 1. The maximum absolute atomic E-state index is 13.3. The highest BCUT2D eigenvalue weighted by Crippen LogP contribution is 2.34. The van der Waals surface area contributed by atoms with Crippen molar-refractivity contribution in [2.45, 2.75) is 11.8 Å². The Hall–Kier alpha value is -3.44. The van der Waals surface area contributed by atoms with E-state index in [1.807, 2.05) is 6.92 Å². The summed E-state index contributed by atoms with van der Waals surface area (Å²) in [5, 5.41) is 13.7. The van der Waals surface area contributed by atoms with Gasteiger partial charge in [-0.1, -0.05) is 17.7 Å². The average Bonchev–Trinajstić information content (AvgIpc) is 2.80. The number of methoxy groups -OCH3 is 1. The van der Waals surface area contributed by atoms with Gasteiger partial charge in [-0.2, -0.15) is 5.10 Å². The van der Waals surface area contributed by atoms with Crippen LogP contribution in [-0.4, -0.2) is 39.3 Å². The first-order valence-corrected chi connectivity index (χ1v) is 12.1. The van der Waals surface area contributed by atoms with Crippen molar-refractivity contribution < 1.29 is 27.4 Å². The van der Waals surface area contributed by atoms with E-state index in [1.54, 1.807) is 30.3 Å². The second-order valence-corrected chi connectivity index (χ2v) is 9.86. The van der Waals surface area contributed by atoms with E-state index in [0.717, 1.165) is 34.1 Å². The fraction of sp³-hybridized carbons (Fsp3) is 0.130. The van der Waals surface area contributed by atoms with E-state index in [0.29, 0.717) is 10.0 Å². The van der Waals surface area contributed by atoms with Crippen molar-refractivity contribution in [3.63, 3.8) is 0 Å². The first-order valence-electron chi connectivity index (χ1n) is 9.85. The van der Waals surface area contributed by atoms with Crippen LogP contribution in [0, 0.1) is 12.7 Å². The Morgan fingerprint density at radius 2 is 1.82 bits per heavy atom. The van der Waals surface area contributed by atoms with Crippen molar-refractivity contribution in [3.05, 3.63) is 82.1 Å². The molecule has 0 aliphatic rings. The van der Waals surface area contributed by atoms with Crippen molar-refractivity contribution in [1.29, 1.82) is 0 Å². The Labute approximate surface area is 204 Å². The lowest BCUT2D eigenvalue weighted by Gasteiger charge is -2.23. The lowest BCUT2D eigenvalue weighted by molar-refractivity contribution is -0.119. The van der Waals surface area contributed by atoms with E-state index in [2.05, 4.69) is 26.5 Å². The highest BCUT2D eigenvalue weighted by atomic mass is 79.9. The van der Waals surface area contributed by atoms with E-state index in [9.17, 15) is 22.7 Å². The third-order valence-electron chi connectivity index (χ3n) is 4.68. The number of carbonyl (C=O) groups is 1. The van der Waals surface area contributed by atoms with Gasteiger partial charge in [0.1, 0.15) is 12.4 Å². The number of nitrogens with one attached hydrogen (secondary N) is 1. The zero-order valence-corrected chi connectivity index (χ0v) is 20.6. The second kappa shape index (κ2) is 10.7. The monoisotopic (exact) mass is 549 g/mol. The molecule has 0 saturated heterocycles. The Morgan fingerprint density at radius 1 is 1.18 bits per heavy atom. The van der Waals surface area contributed by atoms with E-state index in [1.165, 1.54) is 19.4 Å². The second-order valence-electron chi connectivity index (χ2n) is 7.15. The van der Waals surface area contributed by atoms with Gasteiger partial charge >= 0.3 is 0 Å². The predicted molar refractivity (Wildman–Crippen MR) is 130 cm³/mol. The number of benzene rings is 3. The molecular formula is C23H21BrFN3O5S. The summed E-state index contributed by atoms with van der Waals surface area (Å²) in [6.07, 6.45) is 1.31. The van der Waals surface area contributed by atoms with Crippen molar-refractivity contribution in [2.24, 2.45) is 5.10 Å². The number of hydrazone groups is 1. The van der Waals surface area contributed by atoms with E-state index >= 15 is 0 Å². The molecule has 11 heteroatoms. The molecule has 0 fully saturated rings. The van der Waals surface area contributed by atoms with Gasteiger partial charge in [0, 0.05) is 0 Å². The number of amides is 1. The molecule has 0 atom stereocenters. The van der Waals surface area contributed by atoms with Gasteiger partial charge in [0.15, 0.2) is 11.5 Å². The van der Waals surface area contributed by atoms with Crippen LogP contribution in [0.2, 0.25) is 0 Å². The molecule has 34 heavy (non-hydrogen) atoms. The summed E-state index contributed by atoms with van der Waals surface area (Å²) in [5.74, 6) is -1.15. The number of halogens is 2. The fourth-order valence-electron chi connectivity index (χ4n) is 2.93. The topological polar surface area (TPSA) is 108 Å². The summed E-state index contributed by atoms with van der Waals surface area (Å²) in [6, 6.07) is 14.0. The molecule has 0 aliphatic heterocycles. The molecule has 0 saturated carbocycles. The minimum atomic E-state index is -4.17. The molecule has 0 radical (unpaired) electrons. The predicted octanol–water partition coefficient (Wildman–Crippen LogP) is 3.96. The Balaban J connectivity index is 1.83. The number of hydrogen-bond acceptors (Lipinski definition) is 6. The number of phenols is 1. The van der Waals surface area contributed by atoms with Crippen LogP contribution in [-0.2, 0) is 14.8 Å². The van der Waals surface area contributed by atoms with Gasteiger partial charge in [0.25, 0.3) is 15.9 Å². The van der Waals surface area contributed by atoms with Gasteiger partial charge in [-0.05, 0) is 76.9 Å². The summed E-state index contributed by atoms with van der Waals surface area (Å²) in [6.45, 7) is 1.28. The van der Waals surface area contributed by atoms with Gasteiger partial charge in [0.05, 0.1) is 28.4 Å². The lowest BCUT2D eigenvalue weighted by Crippen LogP contribution is -2.39. The van der Waals surface area contributed by atoms with Crippen LogP contribution in [0.5, 0.6) is 11.5 Å². The van der Waals surface area contributed by atoms with Crippen LogP contribution in [0.4, 0.5) is 10.1 Å². The van der Waals surface area contributed by atoms with Crippen molar-refractivity contribution >= 4 is 43.8 Å². The molecule has 0 bridgehead atoms. The summed E-state index contributed by atoms with van der Waals surface area (Å²) < 4.78 is 46.2. The van der Waals surface area contributed by atoms with Crippen LogP contribution >= 0.6 is 15.9 Å². The molecule has 1 amide bonds. The number of ether oxygens (including phenoxy) is 1. The zero-order chi connectivity index (χ0) is 24.9. The average molecular weight is 550 g/mol. The molecule has 3 aromatic rings. The van der Waals surface area contributed by atoms with E-state index in [-0.39, 0.29) is 22.1 Å². The first-order chi connectivity index (χ1) is 16.1. The number of nitrogens with zero attached hydrogens (tertiary/aromatic N) is 2. The number of carbonyl (C=O) groups excluding carboxylic acids is 1. The number of aromatic hydroxyl groups is 1. The number of anilines is 1. The standard InChI is InChI=1S/C23H21BrFN3O5S/c1-15-3-7-18(8-4-15)28(34(31,32)19-9-5-17(25)6-10-19)14-22(29)27-26-13-16-11-20(24)23(30)21(12-16)33-2/h3-13,30H,14H2,1-2H3,(H,27,29)/b26-13-. The van der Waals surface area contributed by atoms with E-state index < -0.39 is 28.3 Å². The maximum atomic E-state index is 13.3. The van der Waals surface area contributed by atoms with Crippen LogP contribution in [0.15, 0.2) is 75.1 Å². The number of aryl methyl sites for hydroxylation is 1. The third kappa shape index (κ3) is 5.91. The quantitative estimate of drug-likeness (QED) is 0.326. The van der Waals surface area contributed by atoms with Gasteiger partial charge in [-0.25, -0.2) is 18.2 Å². The van der Waals surface area contributed by atoms with Crippen molar-refractivity contribution in [2.75, 3.05) is 18.0 Å². The van der Waals surface area contributed by atoms with Crippen LogP contribution in [0.1, 0.15) is 11.1 Å². The maximum Gasteiger partial charge on any atom is 0.264 e. The minimum Gasteiger partial charge on any atom is -0.503 e. The largest absolute Gasteiger partial charge is 0.503 e. The molecule has 3 rings (SSSR count). The lowest BCUT2D eigenvalue weighted by atomic mass is 10.2. The molecule has 0 aromatic heterocycles. The Bertz CT molecular complexity index is 1310. The molecule has 0 unspecified atom stereocenters. The highest BCUT2D eigenvalue weighted by molar-refractivity contribution is 9.10. The summed E-state index contributed by atoms with van der Waals surface area (Å²) in [5.41, 5.74) is 3.98. The normalized spacial score (nSPS) is 11.4. The zero-order valence-electron chi connectivity index (χ0n) is 18.2. The molecule has 0 heterocycles. The third-order valence-corrected chi connectivity index (χ3v) is 7.08. The molecule has 3 aromatic carbocycles. The van der Waals surface area contributed by atoms with Gasteiger partial charge in [-0.15, -0.1) is 0 Å². The van der Waals surface area contributed by atoms with Gasteiger partial charge in [-0.3, -0.25) is 9.10 Å². The minimum absolute atomic E-state index is 0.0802. The van der Waals surface area contributed by atoms with Crippen LogP contribution in [0.3, 0.4) is 0 Å². The van der Waals surface area contributed by atoms with E-state index in [4.69, 9.17) is 4.74 Å². The first kappa shape index (κ1) is 25.2. The SMILES string of the molecule is COc1cc(/C=N\NC(=O)CN(c2ccc(C)cc2)S(=O)(=O)c2ccc(F)cc2)cc(Br)c1O. The highest BCUT2D eigenvalue weighted by Gasteiger charge is 2.27. The number of sulfonamides is 1. The number of rotatable bonds is 8. The Kier molecular flexibility index (Phi) is 7.90. The van der Waals surface area contributed by atoms with Gasteiger partial charge in [0.2, 0.25) is 0 Å². The summed E-state index contributed by atoms with van der Waals surface area (Å²) in [4.78, 5) is 12.4. The molecule has 2 N–H and O–H groups in total. The Morgan fingerprint density at radius 3 is 2.44 bits per heavy atom. The molecule has 0 spiro atoms. The number of hydrogen-bond donors (Lipinski definition) is 2. The van der Waals surface area contributed by atoms with Crippen LogP contribution < -0.4 is 14.5 Å². The molecular weight excluding hydrogens is 529 g/mol. The van der Waals surface area contributed by atoms with Crippen LogP contribution in [0.25, 0.3) is 0 Å². The summed E-state index contributed by atoms with van der Waals surface area (Å²) in [7, 11) is -2.78. The fourth-order valence-corrected chi connectivity index (χ4v) is 4.81. The summed E-state index contributed by atoms with van der Waals surface area (Å²) >= 11 is 3.19. The smallest absolute Gasteiger partial charge is 0.264 e. The van der Waals surface area contributed by atoms with Gasteiger partial charge < -0.3 is 9.84 Å². The molecule has 178 valence electrons.